The zero-order chi connectivity index (χ0) is 17.1. The number of carbonyl (C=O) groups is 1. The van der Waals surface area contributed by atoms with Crippen molar-refractivity contribution in [1.82, 2.24) is 5.01 Å². The molecule has 0 aromatic heterocycles. The van der Waals surface area contributed by atoms with Gasteiger partial charge in [-0.1, -0.05) is 20.8 Å². The molecule has 2 aliphatic rings. The van der Waals surface area contributed by atoms with Gasteiger partial charge in [0.2, 0.25) is 5.91 Å². The van der Waals surface area contributed by atoms with Gasteiger partial charge in [0.05, 0.1) is 0 Å². The monoisotopic (exact) mass is 328 g/mol. The highest BCUT2D eigenvalue weighted by Crippen LogP contribution is 2.48. The van der Waals surface area contributed by atoms with E-state index >= 15 is 0 Å². The molecular formula is C13H17F5N2O2. The van der Waals surface area contributed by atoms with Crippen molar-refractivity contribution in [2.24, 2.45) is 16.4 Å². The Kier molecular flexibility index (Phi) is 3.60. The van der Waals surface area contributed by atoms with E-state index < -0.39 is 47.2 Å². The number of carbonyl (C=O) groups excluding carboxylic acids is 1. The zero-order valence-electron chi connectivity index (χ0n) is 12.3. The van der Waals surface area contributed by atoms with Crippen LogP contribution in [-0.2, 0) is 4.79 Å². The van der Waals surface area contributed by atoms with Gasteiger partial charge >= 0.3 is 12.1 Å². The van der Waals surface area contributed by atoms with Gasteiger partial charge in [0.15, 0.2) is 5.72 Å². The van der Waals surface area contributed by atoms with E-state index in [1.54, 1.807) is 0 Å². The Balaban J connectivity index is 2.44. The molecule has 0 aromatic carbocycles. The van der Waals surface area contributed by atoms with E-state index in [4.69, 9.17) is 0 Å². The maximum Gasteiger partial charge on any atom is 0.459 e. The Morgan fingerprint density at radius 1 is 1.23 bits per heavy atom. The minimum Gasteiger partial charge on any atom is -0.368 e. The van der Waals surface area contributed by atoms with E-state index in [0.29, 0.717) is 17.9 Å². The van der Waals surface area contributed by atoms with Crippen molar-refractivity contribution in [2.75, 3.05) is 0 Å². The van der Waals surface area contributed by atoms with Crippen LogP contribution in [0, 0.1) is 11.3 Å². The third-order valence-corrected chi connectivity index (χ3v) is 4.04. The fraction of sp³-hybridized carbons (Fsp3) is 0.846. The number of amides is 1. The van der Waals surface area contributed by atoms with E-state index in [1.165, 1.54) is 20.8 Å². The highest BCUT2D eigenvalue weighted by molar-refractivity contribution is 5.96. The van der Waals surface area contributed by atoms with Gasteiger partial charge < -0.3 is 5.11 Å². The molecule has 1 fully saturated rings. The summed E-state index contributed by atoms with van der Waals surface area (Å²) in [6.07, 6.45) is -5.85. The number of hydrogen-bond donors (Lipinski definition) is 1. The first-order valence-electron chi connectivity index (χ1n) is 6.81. The van der Waals surface area contributed by atoms with Gasteiger partial charge in [-0.3, -0.25) is 4.79 Å². The summed E-state index contributed by atoms with van der Waals surface area (Å²) in [5, 5.41) is 14.2. The highest BCUT2D eigenvalue weighted by Gasteiger charge is 2.66. The fourth-order valence-electron chi connectivity index (χ4n) is 2.20. The maximum absolute atomic E-state index is 13.5. The summed E-state index contributed by atoms with van der Waals surface area (Å²) in [6.45, 7) is 4.35. The standard InChI is InChI=1S/C13H17F5N2O2/c1-10(2,3)11(22)6-8(12(14,15)13(16,17)18)19-20(11)9(21)7-4-5-7/h7,22H,4-6H2,1-3H3. The third kappa shape index (κ3) is 2.49. The molecule has 1 amide bonds. The summed E-state index contributed by atoms with van der Waals surface area (Å²) in [5.74, 6) is -6.38. The summed E-state index contributed by atoms with van der Waals surface area (Å²) in [4.78, 5) is 12.1. The molecular weight excluding hydrogens is 311 g/mol. The van der Waals surface area contributed by atoms with E-state index in [-0.39, 0.29) is 0 Å². The lowest BCUT2D eigenvalue weighted by Crippen LogP contribution is -2.56. The lowest BCUT2D eigenvalue weighted by Gasteiger charge is -2.41. The van der Waals surface area contributed by atoms with Crippen LogP contribution in [0.3, 0.4) is 0 Å². The molecule has 1 aliphatic heterocycles. The predicted octanol–water partition coefficient (Wildman–Crippen LogP) is 2.92. The van der Waals surface area contributed by atoms with E-state index in [0.717, 1.165) is 0 Å². The third-order valence-electron chi connectivity index (χ3n) is 4.04. The topological polar surface area (TPSA) is 52.9 Å². The quantitative estimate of drug-likeness (QED) is 0.793. The zero-order valence-corrected chi connectivity index (χ0v) is 12.3. The largest absolute Gasteiger partial charge is 0.459 e. The van der Waals surface area contributed by atoms with Crippen molar-refractivity contribution in [3.8, 4) is 0 Å². The number of aliphatic hydroxyl groups is 1. The Morgan fingerprint density at radius 3 is 2.09 bits per heavy atom. The second-order valence-corrected chi connectivity index (χ2v) is 6.79. The molecule has 126 valence electrons. The summed E-state index contributed by atoms with van der Waals surface area (Å²) >= 11 is 0. The van der Waals surface area contributed by atoms with Crippen LogP contribution in [-0.4, -0.2) is 39.6 Å². The Bertz CT molecular complexity index is 520. The van der Waals surface area contributed by atoms with E-state index in [2.05, 4.69) is 5.10 Å². The Morgan fingerprint density at radius 2 is 1.73 bits per heavy atom. The minimum absolute atomic E-state index is 0.430. The molecule has 0 bridgehead atoms. The second-order valence-electron chi connectivity index (χ2n) is 6.79. The van der Waals surface area contributed by atoms with Crippen molar-refractivity contribution in [3.63, 3.8) is 0 Å². The lowest BCUT2D eigenvalue weighted by molar-refractivity contribution is -0.250. The average molecular weight is 328 g/mol. The lowest BCUT2D eigenvalue weighted by atomic mass is 9.79. The molecule has 1 saturated carbocycles. The van der Waals surface area contributed by atoms with Gasteiger partial charge in [-0.2, -0.15) is 27.1 Å². The van der Waals surface area contributed by atoms with Gasteiger partial charge in [-0.15, -0.1) is 0 Å². The van der Waals surface area contributed by atoms with Crippen molar-refractivity contribution in [1.29, 1.82) is 0 Å². The first kappa shape index (κ1) is 17.1. The first-order valence-corrected chi connectivity index (χ1v) is 6.81. The van der Waals surface area contributed by atoms with Crippen LogP contribution in [0.15, 0.2) is 5.10 Å². The summed E-state index contributed by atoms with van der Waals surface area (Å²) in [6, 6.07) is 0. The van der Waals surface area contributed by atoms with E-state index in [1.807, 2.05) is 0 Å². The Hall–Kier alpha value is -1.25. The Labute approximate surface area is 124 Å². The molecule has 0 saturated heterocycles. The van der Waals surface area contributed by atoms with Crippen LogP contribution in [0.4, 0.5) is 22.0 Å². The van der Waals surface area contributed by atoms with Crippen LogP contribution in [0.2, 0.25) is 0 Å². The normalized spacial score (nSPS) is 27.1. The minimum atomic E-state index is -5.83. The molecule has 22 heavy (non-hydrogen) atoms. The number of alkyl halides is 5. The number of halogens is 5. The van der Waals surface area contributed by atoms with Crippen molar-refractivity contribution < 1.29 is 31.9 Å². The van der Waals surface area contributed by atoms with Crippen molar-refractivity contribution >= 4 is 11.6 Å². The van der Waals surface area contributed by atoms with Crippen LogP contribution >= 0.6 is 0 Å². The molecule has 1 N–H and O–H groups in total. The fourth-order valence-corrected chi connectivity index (χ4v) is 2.20. The van der Waals surface area contributed by atoms with Gasteiger partial charge in [0.1, 0.15) is 5.71 Å². The van der Waals surface area contributed by atoms with Gasteiger partial charge in [0, 0.05) is 17.8 Å². The number of rotatable bonds is 2. The number of nitrogens with zero attached hydrogens (tertiary/aromatic N) is 2. The summed E-state index contributed by atoms with van der Waals surface area (Å²) in [5.41, 5.74) is -4.90. The molecule has 4 nitrogen and oxygen atoms in total. The van der Waals surface area contributed by atoms with Gasteiger partial charge in [-0.05, 0) is 12.8 Å². The molecule has 2 rings (SSSR count). The molecule has 1 aliphatic carbocycles. The highest BCUT2D eigenvalue weighted by atomic mass is 19.4. The van der Waals surface area contributed by atoms with Gasteiger partial charge in [0.25, 0.3) is 0 Å². The van der Waals surface area contributed by atoms with Crippen molar-refractivity contribution in [2.45, 2.75) is 57.9 Å². The van der Waals surface area contributed by atoms with Crippen molar-refractivity contribution in [3.05, 3.63) is 0 Å². The molecule has 0 aromatic rings. The SMILES string of the molecule is CC(C)(C)C1(O)CC(C(F)(F)C(F)(F)F)=NN1C(=O)C1CC1. The molecule has 0 radical (unpaired) electrons. The van der Waals surface area contributed by atoms with Crippen LogP contribution in [0.25, 0.3) is 0 Å². The average Bonchev–Trinajstić information content (AvgIpc) is 3.09. The number of hydrogen-bond acceptors (Lipinski definition) is 3. The molecule has 1 atom stereocenters. The van der Waals surface area contributed by atoms with Crippen LogP contribution in [0.1, 0.15) is 40.0 Å². The maximum atomic E-state index is 13.5. The second kappa shape index (κ2) is 4.62. The van der Waals surface area contributed by atoms with Crippen LogP contribution < -0.4 is 0 Å². The molecule has 0 spiro atoms. The summed E-state index contributed by atoms with van der Waals surface area (Å²) in [7, 11) is 0. The molecule has 1 heterocycles. The summed E-state index contributed by atoms with van der Waals surface area (Å²) < 4.78 is 64.6. The molecule has 9 heteroatoms. The molecule has 1 unspecified atom stereocenters. The smallest absolute Gasteiger partial charge is 0.368 e. The number of hydrazone groups is 1. The van der Waals surface area contributed by atoms with E-state index in [9.17, 15) is 31.9 Å². The predicted molar refractivity (Wildman–Crippen MR) is 67.0 cm³/mol. The first-order chi connectivity index (χ1) is 9.72. The van der Waals surface area contributed by atoms with Gasteiger partial charge in [-0.25, -0.2) is 5.01 Å². The van der Waals surface area contributed by atoms with Crippen LogP contribution in [0.5, 0.6) is 0 Å².